The van der Waals surface area contributed by atoms with Crippen molar-refractivity contribution >= 4 is 23.7 Å². The normalized spacial score (nSPS) is 42.4. The minimum absolute atomic E-state index is 0.0411. The van der Waals surface area contributed by atoms with Crippen molar-refractivity contribution in [3.05, 3.63) is 12.7 Å². The molecule has 0 bridgehead atoms. The Balaban J connectivity index is 1.63. The molecule has 0 unspecified atom stereocenters. The van der Waals surface area contributed by atoms with Gasteiger partial charge in [-0.25, -0.2) is 4.79 Å². The predicted octanol–water partition coefficient (Wildman–Crippen LogP) is 2.65. The fraction of sp³-hybridized carbons (Fsp3) is 0.786. The first kappa shape index (κ1) is 27.8. The lowest BCUT2D eigenvalue weighted by Crippen LogP contribution is -2.69. The Morgan fingerprint density at radius 3 is 2.27 bits per heavy atom. The summed E-state index contributed by atoms with van der Waals surface area (Å²) in [6.07, 6.45) is 4.99. The number of carbonyl (C=O) groups excluding carboxylic acids is 4. The van der Waals surface area contributed by atoms with Gasteiger partial charge in [0.1, 0.15) is 6.10 Å². The van der Waals surface area contributed by atoms with Crippen LogP contribution in [0.15, 0.2) is 12.7 Å². The van der Waals surface area contributed by atoms with Gasteiger partial charge in [0.2, 0.25) is 0 Å². The van der Waals surface area contributed by atoms with Crippen LogP contribution >= 0.6 is 0 Å². The molecule has 37 heavy (non-hydrogen) atoms. The summed E-state index contributed by atoms with van der Waals surface area (Å²) in [7, 11) is 0. The monoisotopic (exact) mass is 520 g/mol. The molecule has 4 saturated carbocycles. The number of esters is 3. The molecule has 9 heteroatoms. The molecule has 0 aliphatic heterocycles. The molecular weight excluding hydrogens is 480 g/mol. The molecule has 0 heterocycles. The highest BCUT2D eigenvalue weighted by Gasteiger charge is 2.72. The second-order valence-corrected chi connectivity index (χ2v) is 11.9. The van der Waals surface area contributed by atoms with Crippen molar-refractivity contribution < 1.29 is 43.6 Å². The predicted molar refractivity (Wildman–Crippen MR) is 131 cm³/mol. The van der Waals surface area contributed by atoms with Crippen LogP contribution in [0.4, 0.5) is 0 Å². The molecule has 0 spiro atoms. The quantitative estimate of drug-likeness (QED) is 0.295. The Hall–Kier alpha value is -2.26. The summed E-state index contributed by atoms with van der Waals surface area (Å²) in [5, 5.41) is 24.4. The van der Waals surface area contributed by atoms with Gasteiger partial charge in [-0.05, 0) is 63.2 Å². The van der Waals surface area contributed by atoms with Gasteiger partial charge in [0.25, 0.3) is 0 Å². The minimum atomic E-state index is -1.21. The van der Waals surface area contributed by atoms with Crippen LogP contribution in [0.3, 0.4) is 0 Å². The van der Waals surface area contributed by atoms with Crippen molar-refractivity contribution in [2.45, 2.75) is 95.9 Å². The first-order valence-electron chi connectivity index (χ1n) is 13.4. The van der Waals surface area contributed by atoms with E-state index in [1.54, 1.807) is 0 Å². The number of hydrogen-bond acceptors (Lipinski definition) is 9. The van der Waals surface area contributed by atoms with Crippen LogP contribution < -0.4 is 0 Å². The van der Waals surface area contributed by atoms with Gasteiger partial charge in [0, 0.05) is 43.1 Å². The molecular formula is C28H40O9. The molecule has 0 aromatic carbocycles. The number of aliphatic hydroxyl groups is 2. The Labute approximate surface area is 217 Å². The third-order valence-corrected chi connectivity index (χ3v) is 10.4. The smallest absolute Gasteiger partial charge is 0.330 e. The zero-order valence-electron chi connectivity index (χ0n) is 22.1. The largest absolute Gasteiger partial charge is 0.465 e. The second-order valence-electron chi connectivity index (χ2n) is 11.9. The maximum absolute atomic E-state index is 13.1. The molecule has 0 aromatic heterocycles. The average molecular weight is 521 g/mol. The van der Waals surface area contributed by atoms with E-state index < -0.39 is 52.0 Å². The Morgan fingerprint density at radius 2 is 1.62 bits per heavy atom. The van der Waals surface area contributed by atoms with E-state index in [-0.39, 0.29) is 37.3 Å². The molecule has 0 amide bonds. The van der Waals surface area contributed by atoms with Crippen LogP contribution in [0.1, 0.15) is 78.6 Å². The lowest BCUT2D eigenvalue weighted by Gasteiger charge is -2.66. The lowest BCUT2D eigenvalue weighted by molar-refractivity contribution is -0.272. The summed E-state index contributed by atoms with van der Waals surface area (Å²) in [5.74, 6) is -2.44. The van der Waals surface area contributed by atoms with Gasteiger partial charge in [-0.1, -0.05) is 13.5 Å². The van der Waals surface area contributed by atoms with Crippen LogP contribution in [0.5, 0.6) is 0 Å². The van der Waals surface area contributed by atoms with E-state index in [1.807, 2.05) is 6.92 Å². The van der Waals surface area contributed by atoms with Gasteiger partial charge < -0.3 is 24.4 Å². The maximum Gasteiger partial charge on any atom is 0.330 e. The van der Waals surface area contributed by atoms with Crippen LogP contribution in [-0.2, 0) is 33.4 Å². The molecule has 2 N–H and O–H groups in total. The molecule has 8 atom stereocenters. The summed E-state index contributed by atoms with van der Waals surface area (Å²) in [6, 6.07) is 0. The summed E-state index contributed by atoms with van der Waals surface area (Å²) >= 11 is 0. The Kier molecular flexibility index (Phi) is 7.36. The van der Waals surface area contributed by atoms with E-state index in [9.17, 15) is 29.4 Å². The molecule has 0 radical (unpaired) electrons. The third-order valence-electron chi connectivity index (χ3n) is 10.4. The van der Waals surface area contributed by atoms with Crippen molar-refractivity contribution in [2.75, 3.05) is 13.2 Å². The summed E-state index contributed by atoms with van der Waals surface area (Å²) in [4.78, 5) is 48.1. The van der Waals surface area contributed by atoms with Gasteiger partial charge in [0.15, 0.2) is 12.4 Å². The second kappa shape index (κ2) is 9.80. The molecule has 4 aliphatic rings. The Morgan fingerprint density at radius 1 is 0.919 bits per heavy atom. The molecule has 4 aliphatic carbocycles. The van der Waals surface area contributed by atoms with Gasteiger partial charge in [-0.15, -0.1) is 0 Å². The van der Waals surface area contributed by atoms with Gasteiger partial charge in [0.05, 0.1) is 17.8 Å². The molecule has 0 saturated heterocycles. The third kappa shape index (κ3) is 4.42. The zero-order valence-corrected chi connectivity index (χ0v) is 22.1. The lowest BCUT2D eigenvalue weighted by atomic mass is 9.41. The summed E-state index contributed by atoms with van der Waals surface area (Å²) in [6.45, 7) is 7.72. The molecule has 9 nitrogen and oxygen atoms in total. The van der Waals surface area contributed by atoms with Crippen molar-refractivity contribution in [3.63, 3.8) is 0 Å². The topological polar surface area (TPSA) is 136 Å². The standard InChI is InChI=1S/C28H40O9/c1-5-24(32)35-15-23(31)22-9-13-28(34)21-8-12-27(33)14-19(37-18(3)30)6-11-26(27,16-36-17(2)29)20(21)7-10-25(22,28)4/h5,19-22,33-34H,1,6-16H2,2-4H3/t19-,20-,21+,22-,25+,26-,27-,28-/m0/s1. The van der Waals surface area contributed by atoms with Crippen molar-refractivity contribution in [2.24, 2.45) is 28.6 Å². The van der Waals surface area contributed by atoms with E-state index in [0.717, 1.165) is 6.08 Å². The average Bonchev–Trinajstić information content (AvgIpc) is 3.11. The first-order chi connectivity index (χ1) is 17.3. The number of rotatable bonds is 7. The van der Waals surface area contributed by atoms with Gasteiger partial charge in [-0.3, -0.25) is 14.4 Å². The fourth-order valence-corrected chi connectivity index (χ4v) is 8.67. The highest BCUT2D eigenvalue weighted by molar-refractivity contribution is 5.88. The van der Waals surface area contributed by atoms with E-state index in [4.69, 9.17) is 14.2 Å². The number of hydrogen-bond donors (Lipinski definition) is 2. The number of fused-ring (bicyclic) bond motifs is 5. The van der Waals surface area contributed by atoms with E-state index in [2.05, 4.69) is 6.58 Å². The summed E-state index contributed by atoms with van der Waals surface area (Å²) < 4.78 is 16.1. The van der Waals surface area contributed by atoms with Crippen LogP contribution in [0.25, 0.3) is 0 Å². The van der Waals surface area contributed by atoms with Gasteiger partial charge >= 0.3 is 17.9 Å². The van der Waals surface area contributed by atoms with Crippen LogP contribution in [0.2, 0.25) is 0 Å². The van der Waals surface area contributed by atoms with Gasteiger partial charge in [-0.2, -0.15) is 0 Å². The SMILES string of the molecule is C=CC(=O)OCC(=O)[C@@H]1CC[C@]2(O)[C@@H]3CC[C@]4(O)C[C@@H](OC(C)=O)CC[C@]4(COC(C)=O)[C@H]3CC[C@]12C. The molecule has 4 rings (SSSR count). The Bertz CT molecular complexity index is 977. The van der Waals surface area contributed by atoms with Crippen molar-refractivity contribution in [3.8, 4) is 0 Å². The van der Waals surface area contributed by atoms with Crippen LogP contribution in [-0.4, -0.2) is 64.4 Å². The number of ether oxygens (including phenoxy) is 3. The number of Topliss-reactive ketones (excluding diaryl/α,β-unsaturated/α-hetero) is 1. The highest BCUT2D eigenvalue weighted by Crippen LogP contribution is 2.70. The van der Waals surface area contributed by atoms with Crippen molar-refractivity contribution in [1.82, 2.24) is 0 Å². The maximum atomic E-state index is 13.1. The zero-order chi connectivity index (χ0) is 27.2. The fourth-order valence-electron chi connectivity index (χ4n) is 8.67. The molecule has 0 aromatic rings. The molecule has 206 valence electrons. The van der Waals surface area contributed by atoms with E-state index in [1.165, 1.54) is 13.8 Å². The first-order valence-corrected chi connectivity index (χ1v) is 13.4. The van der Waals surface area contributed by atoms with E-state index >= 15 is 0 Å². The minimum Gasteiger partial charge on any atom is -0.465 e. The van der Waals surface area contributed by atoms with Crippen LogP contribution in [0, 0.1) is 28.6 Å². The number of ketones is 1. The highest BCUT2D eigenvalue weighted by atomic mass is 16.5. The molecule has 4 fully saturated rings. The number of carbonyl (C=O) groups is 4. The van der Waals surface area contributed by atoms with Crippen molar-refractivity contribution in [1.29, 1.82) is 0 Å². The summed E-state index contributed by atoms with van der Waals surface area (Å²) in [5.41, 5.74) is -3.83. The van der Waals surface area contributed by atoms with E-state index in [0.29, 0.717) is 51.4 Å².